The van der Waals surface area contributed by atoms with Crippen molar-refractivity contribution in [2.75, 3.05) is 5.32 Å². The molecular weight excluding hydrogens is 230 g/mol. The van der Waals surface area contributed by atoms with E-state index in [0.29, 0.717) is 12.5 Å². The van der Waals surface area contributed by atoms with Crippen LogP contribution in [0.25, 0.3) is 0 Å². The van der Waals surface area contributed by atoms with Crippen LogP contribution in [-0.4, -0.2) is 11.1 Å². The minimum Gasteiger partial charge on any atom is -0.361 e. The Morgan fingerprint density at radius 3 is 2.78 bits per heavy atom. The van der Waals surface area contributed by atoms with Gasteiger partial charge in [0.05, 0.1) is 6.54 Å². The monoisotopic (exact) mass is 245 g/mol. The molecule has 0 bridgehead atoms. The number of aliphatic imine (C=N–C) groups is 1. The number of hydrazine groups is 1. The lowest BCUT2D eigenvalue weighted by atomic mass is 10.3. The van der Waals surface area contributed by atoms with Crippen LogP contribution in [-0.2, 0) is 6.54 Å². The summed E-state index contributed by atoms with van der Waals surface area (Å²) >= 11 is 0. The Labute approximate surface area is 105 Å². The third kappa shape index (κ3) is 3.33. The lowest BCUT2D eigenvalue weighted by Crippen LogP contribution is -2.36. The summed E-state index contributed by atoms with van der Waals surface area (Å²) in [4.78, 5) is 4.27. The molecule has 4 N–H and O–H groups in total. The van der Waals surface area contributed by atoms with Crippen LogP contribution < -0.4 is 16.6 Å². The van der Waals surface area contributed by atoms with E-state index in [-0.39, 0.29) is 0 Å². The maximum absolute atomic E-state index is 5.40. The highest BCUT2D eigenvalue weighted by atomic mass is 16.5. The number of nitrogens with one attached hydrogen (secondary N) is 2. The van der Waals surface area contributed by atoms with Gasteiger partial charge in [-0.25, -0.2) is 10.8 Å². The summed E-state index contributed by atoms with van der Waals surface area (Å²) in [5.74, 6) is 6.64. The number of guanidine groups is 1. The molecule has 0 atom stereocenters. The summed E-state index contributed by atoms with van der Waals surface area (Å²) in [6.07, 6.45) is 0. The lowest BCUT2D eigenvalue weighted by molar-refractivity contribution is 0.391. The number of nitrogens with zero attached hydrogens (tertiary/aromatic N) is 2. The number of hydrogen-bond donors (Lipinski definition) is 3. The second-order valence-corrected chi connectivity index (χ2v) is 3.73. The molecule has 0 saturated heterocycles. The number of benzene rings is 1. The summed E-state index contributed by atoms with van der Waals surface area (Å²) < 4.78 is 4.96. The van der Waals surface area contributed by atoms with Crippen LogP contribution in [0.5, 0.6) is 0 Å². The molecule has 0 saturated carbocycles. The maximum atomic E-state index is 5.40. The molecule has 1 heterocycles. The Balaban J connectivity index is 2.00. The Morgan fingerprint density at radius 1 is 1.39 bits per heavy atom. The summed E-state index contributed by atoms with van der Waals surface area (Å²) in [5, 5.41) is 6.91. The van der Waals surface area contributed by atoms with E-state index in [1.807, 2.05) is 43.3 Å². The van der Waals surface area contributed by atoms with Gasteiger partial charge in [0.2, 0.25) is 5.96 Å². The van der Waals surface area contributed by atoms with Gasteiger partial charge in [-0.15, -0.1) is 0 Å². The minimum atomic E-state index is 0.400. The molecule has 0 radical (unpaired) electrons. The van der Waals surface area contributed by atoms with E-state index in [9.17, 15) is 0 Å². The number of para-hydroxylation sites is 1. The van der Waals surface area contributed by atoms with Gasteiger partial charge >= 0.3 is 0 Å². The lowest BCUT2D eigenvalue weighted by Gasteiger charge is -2.08. The number of anilines is 1. The van der Waals surface area contributed by atoms with Crippen LogP contribution >= 0.6 is 0 Å². The Kier molecular flexibility index (Phi) is 3.93. The predicted molar refractivity (Wildman–Crippen MR) is 69.8 cm³/mol. The average molecular weight is 245 g/mol. The molecule has 6 nitrogen and oxygen atoms in total. The van der Waals surface area contributed by atoms with E-state index in [4.69, 9.17) is 10.4 Å². The van der Waals surface area contributed by atoms with Gasteiger partial charge < -0.3 is 9.84 Å². The van der Waals surface area contributed by atoms with Crippen LogP contribution in [0.4, 0.5) is 5.69 Å². The predicted octanol–water partition coefficient (Wildman–Crippen LogP) is 1.41. The third-order valence-corrected chi connectivity index (χ3v) is 2.25. The topological polar surface area (TPSA) is 88.5 Å². The zero-order valence-electron chi connectivity index (χ0n) is 10.1. The van der Waals surface area contributed by atoms with Crippen molar-refractivity contribution in [1.82, 2.24) is 10.6 Å². The molecule has 0 aliphatic heterocycles. The van der Waals surface area contributed by atoms with Crippen molar-refractivity contribution >= 4 is 11.6 Å². The van der Waals surface area contributed by atoms with Crippen LogP contribution in [0.2, 0.25) is 0 Å². The Morgan fingerprint density at radius 2 is 2.17 bits per heavy atom. The van der Waals surface area contributed by atoms with Crippen molar-refractivity contribution < 1.29 is 4.52 Å². The van der Waals surface area contributed by atoms with E-state index in [2.05, 4.69) is 20.9 Å². The van der Waals surface area contributed by atoms with E-state index in [1.54, 1.807) is 0 Å². The smallest absolute Gasteiger partial charge is 0.210 e. The molecule has 0 spiro atoms. The molecule has 0 aliphatic carbocycles. The van der Waals surface area contributed by atoms with Gasteiger partial charge in [0, 0.05) is 11.8 Å². The summed E-state index contributed by atoms with van der Waals surface area (Å²) in [6.45, 7) is 2.24. The number of hydrogen-bond acceptors (Lipinski definition) is 4. The molecule has 1 aromatic heterocycles. The Bertz CT molecular complexity index is 520. The molecule has 1 aromatic carbocycles. The number of rotatable bonds is 3. The summed E-state index contributed by atoms with van der Waals surface area (Å²) in [5.41, 5.74) is 4.18. The largest absolute Gasteiger partial charge is 0.361 e. The first-order valence-corrected chi connectivity index (χ1v) is 5.53. The second kappa shape index (κ2) is 5.83. The highest BCUT2D eigenvalue weighted by Gasteiger charge is 2.01. The van der Waals surface area contributed by atoms with Crippen LogP contribution in [0.3, 0.4) is 0 Å². The molecule has 6 heteroatoms. The highest BCUT2D eigenvalue weighted by Crippen LogP contribution is 2.06. The molecule has 0 unspecified atom stereocenters. The molecule has 0 aliphatic rings. The molecule has 18 heavy (non-hydrogen) atoms. The fourth-order valence-electron chi connectivity index (χ4n) is 1.43. The van der Waals surface area contributed by atoms with Gasteiger partial charge in [0.15, 0.2) is 0 Å². The van der Waals surface area contributed by atoms with Crippen LogP contribution in [0.15, 0.2) is 45.9 Å². The standard InChI is InChI=1S/C12H15N5O/c1-9-7-11(17-18-9)8-14-12(16-13)15-10-5-3-2-4-6-10/h2-7H,8,13H2,1H3,(H2,14,15,16). The normalized spacial score (nSPS) is 11.3. The van der Waals surface area contributed by atoms with Gasteiger partial charge in [-0.1, -0.05) is 23.4 Å². The van der Waals surface area contributed by atoms with E-state index < -0.39 is 0 Å². The van der Waals surface area contributed by atoms with Gasteiger partial charge in [0.25, 0.3) is 0 Å². The van der Waals surface area contributed by atoms with E-state index >= 15 is 0 Å². The van der Waals surface area contributed by atoms with Crippen molar-refractivity contribution in [3.8, 4) is 0 Å². The number of aryl methyl sites for hydroxylation is 1. The summed E-state index contributed by atoms with van der Waals surface area (Å²) in [6, 6.07) is 11.5. The molecule has 2 aromatic rings. The molecule has 94 valence electrons. The molecular formula is C12H15N5O. The minimum absolute atomic E-state index is 0.400. The van der Waals surface area contributed by atoms with E-state index in [0.717, 1.165) is 17.1 Å². The quantitative estimate of drug-likeness (QED) is 0.329. The van der Waals surface area contributed by atoms with Crippen LogP contribution in [0.1, 0.15) is 11.5 Å². The first-order valence-electron chi connectivity index (χ1n) is 5.53. The van der Waals surface area contributed by atoms with Crippen molar-refractivity contribution in [1.29, 1.82) is 0 Å². The first kappa shape index (κ1) is 12.1. The fourth-order valence-corrected chi connectivity index (χ4v) is 1.43. The zero-order chi connectivity index (χ0) is 12.8. The average Bonchev–Trinajstić information content (AvgIpc) is 2.81. The van der Waals surface area contributed by atoms with Crippen molar-refractivity contribution in [3.05, 3.63) is 47.9 Å². The van der Waals surface area contributed by atoms with Crippen molar-refractivity contribution in [2.24, 2.45) is 10.8 Å². The highest BCUT2D eigenvalue weighted by molar-refractivity contribution is 5.93. The first-order chi connectivity index (χ1) is 8.78. The van der Waals surface area contributed by atoms with Crippen LogP contribution in [0, 0.1) is 6.92 Å². The number of aromatic nitrogens is 1. The maximum Gasteiger partial charge on any atom is 0.210 e. The van der Waals surface area contributed by atoms with Gasteiger partial charge in [0.1, 0.15) is 11.5 Å². The van der Waals surface area contributed by atoms with Crippen molar-refractivity contribution in [2.45, 2.75) is 13.5 Å². The van der Waals surface area contributed by atoms with Gasteiger partial charge in [-0.2, -0.15) is 0 Å². The molecule has 2 rings (SSSR count). The molecule has 0 amide bonds. The zero-order valence-corrected chi connectivity index (χ0v) is 10.1. The fraction of sp³-hybridized carbons (Fsp3) is 0.167. The Hall–Kier alpha value is -2.34. The second-order valence-electron chi connectivity index (χ2n) is 3.73. The van der Waals surface area contributed by atoms with Gasteiger partial charge in [-0.05, 0) is 19.1 Å². The number of nitrogens with two attached hydrogens (primary N) is 1. The van der Waals surface area contributed by atoms with Gasteiger partial charge in [-0.3, -0.25) is 5.43 Å². The SMILES string of the molecule is Cc1cc(CN=C(NN)Nc2ccccc2)no1. The van der Waals surface area contributed by atoms with Crippen molar-refractivity contribution in [3.63, 3.8) is 0 Å². The molecule has 0 fully saturated rings. The van der Waals surface area contributed by atoms with E-state index in [1.165, 1.54) is 0 Å². The summed E-state index contributed by atoms with van der Waals surface area (Å²) in [7, 11) is 0. The third-order valence-electron chi connectivity index (χ3n) is 2.25.